The third kappa shape index (κ3) is 4.66. The number of nitro benzene ring substituents is 1. The summed E-state index contributed by atoms with van der Waals surface area (Å²) in [5, 5.41) is 13.2. The summed E-state index contributed by atoms with van der Waals surface area (Å²) in [6, 6.07) is 10.1. The number of hydrogen-bond donors (Lipinski definition) is 1. The van der Waals surface area contributed by atoms with E-state index in [1.54, 1.807) is 29.1 Å². The molecule has 0 fully saturated rings. The molecule has 0 radical (unpaired) electrons. The first-order valence-corrected chi connectivity index (χ1v) is 7.93. The number of amides is 1. The summed E-state index contributed by atoms with van der Waals surface area (Å²) in [5.41, 5.74) is 0.900. The highest BCUT2D eigenvalue weighted by molar-refractivity contribution is 5.77. The molecule has 9 heteroatoms. The maximum absolute atomic E-state index is 14.2. The molecule has 0 aliphatic heterocycles. The van der Waals surface area contributed by atoms with Crippen molar-refractivity contribution in [2.75, 3.05) is 6.61 Å². The van der Waals surface area contributed by atoms with E-state index < -0.39 is 16.6 Å². The van der Waals surface area contributed by atoms with Crippen molar-refractivity contribution in [2.45, 2.75) is 6.54 Å². The van der Waals surface area contributed by atoms with Gasteiger partial charge in [0.05, 0.1) is 16.9 Å². The zero-order valence-electron chi connectivity index (χ0n) is 14.0. The largest absolute Gasteiger partial charge is 0.484 e. The molecule has 1 N–H and O–H groups in total. The normalized spacial score (nSPS) is 10.4. The number of carbonyl (C=O) groups excluding carboxylic acids is 1. The number of imidazole rings is 1. The topological polar surface area (TPSA) is 99.3 Å². The van der Waals surface area contributed by atoms with E-state index in [1.807, 2.05) is 0 Å². The van der Waals surface area contributed by atoms with Crippen LogP contribution in [0.1, 0.15) is 5.56 Å². The Labute approximate surface area is 153 Å². The van der Waals surface area contributed by atoms with Gasteiger partial charge in [-0.25, -0.2) is 9.37 Å². The van der Waals surface area contributed by atoms with Crippen molar-refractivity contribution >= 4 is 11.6 Å². The second-order valence-corrected chi connectivity index (χ2v) is 5.57. The van der Waals surface area contributed by atoms with E-state index in [0.717, 1.165) is 0 Å². The number of nitro groups is 1. The standard InChI is InChI=1S/C18H15FN4O4/c19-16-9-13(1-6-17(16)22-8-7-20-12-22)10-21-18(24)11-27-15-4-2-14(3-5-15)23(25)26/h1-9,12H,10-11H2,(H,21,24). The smallest absolute Gasteiger partial charge is 0.269 e. The zero-order valence-corrected chi connectivity index (χ0v) is 14.0. The van der Waals surface area contributed by atoms with Crippen molar-refractivity contribution in [1.82, 2.24) is 14.9 Å². The molecule has 0 saturated carbocycles. The first kappa shape index (κ1) is 18.1. The summed E-state index contributed by atoms with van der Waals surface area (Å²) < 4.78 is 21.0. The summed E-state index contributed by atoms with van der Waals surface area (Å²) in [7, 11) is 0. The molecule has 0 spiro atoms. The highest BCUT2D eigenvalue weighted by atomic mass is 19.1. The summed E-state index contributed by atoms with van der Waals surface area (Å²) in [6.07, 6.45) is 4.68. The maximum Gasteiger partial charge on any atom is 0.269 e. The van der Waals surface area contributed by atoms with Gasteiger partial charge in [0, 0.05) is 31.1 Å². The molecule has 0 aliphatic rings. The van der Waals surface area contributed by atoms with Crippen LogP contribution in [-0.4, -0.2) is 27.0 Å². The fourth-order valence-corrected chi connectivity index (χ4v) is 2.34. The molecule has 2 aromatic carbocycles. The molecular weight excluding hydrogens is 355 g/mol. The van der Waals surface area contributed by atoms with Crippen molar-refractivity contribution in [1.29, 1.82) is 0 Å². The number of aromatic nitrogens is 2. The quantitative estimate of drug-likeness (QED) is 0.509. The van der Waals surface area contributed by atoms with Gasteiger partial charge in [-0.2, -0.15) is 0 Å². The molecule has 0 saturated heterocycles. The molecule has 0 unspecified atom stereocenters. The van der Waals surface area contributed by atoms with E-state index in [0.29, 0.717) is 17.0 Å². The predicted octanol–water partition coefficient (Wildman–Crippen LogP) is 2.61. The van der Waals surface area contributed by atoms with Crippen molar-refractivity contribution in [3.63, 3.8) is 0 Å². The van der Waals surface area contributed by atoms with Crippen LogP contribution in [0.4, 0.5) is 10.1 Å². The lowest BCUT2D eigenvalue weighted by Gasteiger charge is -2.09. The van der Waals surface area contributed by atoms with Gasteiger partial charge in [0.2, 0.25) is 0 Å². The van der Waals surface area contributed by atoms with Crippen LogP contribution in [0.2, 0.25) is 0 Å². The summed E-state index contributed by atoms with van der Waals surface area (Å²) in [5.74, 6) is -0.485. The lowest BCUT2D eigenvalue weighted by atomic mass is 10.2. The molecule has 3 rings (SSSR count). The summed E-state index contributed by atoms with van der Waals surface area (Å²) >= 11 is 0. The Balaban J connectivity index is 1.50. The number of carbonyl (C=O) groups is 1. The van der Waals surface area contributed by atoms with E-state index in [4.69, 9.17) is 4.74 Å². The van der Waals surface area contributed by atoms with Gasteiger partial charge >= 0.3 is 0 Å². The minimum atomic E-state index is -0.520. The van der Waals surface area contributed by atoms with E-state index in [-0.39, 0.29) is 18.8 Å². The van der Waals surface area contributed by atoms with Gasteiger partial charge in [-0.05, 0) is 29.8 Å². The van der Waals surface area contributed by atoms with Crippen molar-refractivity contribution < 1.29 is 18.8 Å². The number of hydrogen-bond acceptors (Lipinski definition) is 5. The lowest BCUT2D eigenvalue weighted by molar-refractivity contribution is -0.384. The minimum Gasteiger partial charge on any atom is -0.484 e. The average molecular weight is 370 g/mol. The fourth-order valence-electron chi connectivity index (χ4n) is 2.34. The van der Waals surface area contributed by atoms with E-state index in [9.17, 15) is 19.3 Å². The monoisotopic (exact) mass is 370 g/mol. The van der Waals surface area contributed by atoms with E-state index >= 15 is 0 Å². The molecule has 1 amide bonds. The second-order valence-electron chi connectivity index (χ2n) is 5.57. The predicted molar refractivity (Wildman–Crippen MR) is 94.0 cm³/mol. The number of nitrogens with one attached hydrogen (secondary N) is 1. The highest BCUT2D eigenvalue weighted by Crippen LogP contribution is 2.17. The van der Waals surface area contributed by atoms with Crippen LogP contribution in [0.15, 0.2) is 61.2 Å². The molecule has 0 atom stereocenters. The number of benzene rings is 2. The number of nitrogens with zero attached hydrogens (tertiary/aromatic N) is 3. The van der Waals surface area contributed by atoms with Crippen LogP contribution in [0.5, 0.6) is 5.75 Å². The first-order chi connectivity index (χ1) is 13.0. The van der Waals surface area contributed by atoms with Crippen LogP contribution >= 0.6 is 0 Å². The van der Waals surface area contributed by atoms with Gasteiger partial charge in [-0.1, -0.05) is 6.07 Å². The van der Waals surface area contributed by atoms with Gasteiger partial charge in [-0.15, -0.1) is 0 Å². The second kappa shape index (κ2) is 8.09. The number of non-ortho nitro benzene ring substituents is 1. The molecule has 8 nitrogen and oxygen atoms in total. The zero-order chi connectivity index (χ0) is 19.2. The van der Waals surface area contributed by atoms with Gasteiger partial charge in [0.15, 0.2) is 6.61 Å². The molecule has 1 aromatic heterocycles. The lowest BCUT2D eigenvalue weighted by Crippen LogP contribution is -2.28. The number of ether oxygens (including phenoxy) is 1. The highest BCUT2D eigenvalue weighted by Gasteiger charge is 2.08. The Kier molecular flexibility index (Phi) is 5.41. The SMILES string of the molecule is O=C(COc1ccc([N+](=O)[O-])cc1)NCc1ccc(-n2ccnc2)c(F)c1. The van der Waals surface area contributed by atoms with Gasteiger partial charge in [0.25, 0.3) is 11.6 Å². The molecule has 27 heavy (non-hydrogen) atoms. The van der Waals surface area contributed by atoms with Crippen molar-refractivity contribution in [2.24, 2.45) is 0 Å². The fraction of sp³-hybridized carbons (Fsp3) is 0.111. The minimum absolute atomic E-state index is 0.0621. The molecule has 1 heterocycles. The maximum atomic E-state index is 14.2. The Morgan fingerprint density at radius 2 is 2.04 bits per heavy atom. The summed E-state index contributed by atoms with van der Waals surface area (Å²) in [4.78, 5) is 25.8. The molecule has 138 valence electrons. The van der Waals surface area contributed by atoms with E-state index in [1.165, 1.54) is 36.7 Å². The molecule has 0 bridgehead atoms. The van der Waals surface area contributed by atoms with Gasteiger partial charge in [0.1, 0.15) is 11.6 Å². The first-order valence-electron chi connectivity index (χ1n) is 7.93. The molecular formula is C18H15FN4O4. The Morgan fingerprint density at radius 3 is 2.67 bits per heavy atom. The van der Waals surface area contributed by atoms with E-state index in [2.05, 4.69) is 10.3 Å². The van der Waals surface area contributed by atoms with Crippen LogP contribution in [0, 0.1) is 15.9 Å². The van der Waals surface area contributed by atoms with Gasteiger partial charge in [-0.3, -0.25) is 14.9 Å². The van der Waals surface area contributed by atoms with Crippen LogP contribution < -0.4 is 10.1 Å². The number of halogens is 1. The Bertz CT molecular complexity index is 943. The molecule has 3 aromatic rings. The van der Waals surface area contributed by atoms with Crippen molar-refractivity contribution in [3.8, 4) is 11.4 Å². The third-order valence-electron chi connectivity index (χ3n) is 3.70. The Morgan fingerprint density at radius 1 is 1.26 bits per heavy atom. The van der Waals surface area contributed by atoms with Crippen LogP contribution in [-0.2, 0) is 11.3 Å². The summed E-state index contributed by atoms with van der Waals surface area (Å²) in [6.45, 7) is -0.114. The van der Waals surface area contributed by atoms with Crippen LogP contribution in [0.3, 0.4) is 0 Å². The third-order valence-corrected chi connectivity index (χ3v) is 3.70. The van der Waals surface area contributed by atoms with Gasteiger partial charge < -0.3 is 14.6 Å². The van der Waals surface area contributed by atoms with Crippen molar-refractivity contribution in [3.05, 3.63) is 82.7 Å². The Hall–Kier alpha value is -3.75. The molecule has 0 aliphatic carbocycles. The average Bonchev–Trinajstić information content (AvgIpc) is 3.19. The van der Waals surface area contributed by atoms with Crippen LogP contribution in [0.25, 0.3) is 5.69 Å². The number of rotatable bonds is 7.